The van der Waals surface area contributed by atoms with Gasteiger partial charge in [-0.2, -0.15) is 13.2 Å². The van der Waals surface area contributed by atoms with Gasteiger partial charge < -0.3 is 5.32 Å². The molecule has 2 unspecified atom stereocenters. The highest BCUT2D eigenvalue weighted by atomic mass is 19.4. The van der Waals surface area contributed by atoms with Crippen LogP contribution in [-0.2, 0) is 0 Å². The summed E-state index contributed by atoms with van der Waals surface area (Å²) in [5.74, 6) is 0. The molecule has 0 radical (unpaired) electrons. The molecule has 0 aromatic heterocycles. The third kappa shape index (κ3) is 5.32. The third-order valence-corrected chi connectivity index (χ3v) is 4.06. The van der Waals surface area contributed by atoms with E-state index in [4.69, 9.17) is 0 Å². The van der Waals surface area contributed by atoms with Crippen LogP contribution in [0.2, 0.25) is 0 Å². The lowest BCUT2D eigenvalue weighted by atomic mass is 10.0. The topological polar surface area (TPSA) is 15.3 Å². The molecule has 118 valence electrons. The predicted molar refractivity (Wildman–Crippen MR) is 78.1 cm³/mol. The molecule has 5 heteroatoms. The minimum Gasteiger partial charge on any atom is -0.308 e. The summed E-state index contributed by atoms with van der Waals surface area (Å²) in [6.45, 7) is 4.76. The fraction of sp³-hybridized carbons (Fsp3) is 0.625. The first-order valence-electron chi connectivity index (χ1n) is 7.55. The lowest BCUT2D eigenvalue weighted by molar-refractivity contribution is -0.140. The normalized spacial score (nSPS) is 19.6. The van der Waals surface area contributed by atoms with Crippen LogP contribution in [-0.4, -0.2) is 36.8 Å². The Morgan fingerprint density at radius 1 is 1.14 bits per heavy atom. The van der Waals surface area contributed by atoms with E-state index in [0.717, 1.165) is 13.1 Å². The van der Waals surface area contributed by atoms with Crippen LogP contribution in [0.3, 0.4) is 0 Å². The summed E-state index contributed by atoms with van der Waals surface area (Å²) in [5, 5.41) is 3.11. The van der Waals surface area contributed by atoms with Crippen molar-refractivity contribution in [3.05, 3.63) is 35.9 Å². The molecule has 21 heavy (non-hydrogen) atoms. The molecular formula is C16H23F3N2. The highest BCUT2D eigenvalue weighted by molar-refractivity contribution is 5.19. The Kier molecular flexibility index (Phi) is 5.65. The van der Waals surface area contributed by atoms with Crippen molar-refractivity contribution in [1.82, 2.24) is 10.2 Å². The molecule has 2 nitrogen and oxygen atoms in total. The highest BCUT2D eigenvalue weighted by Crippen LogP contribution is 2.29. The molecule has 1 heterocycles. The van der Waals surface area contributed by atoms with Gasteiger partial charge in [0.1, 0.15) is 0 Å². The fourth-order valence-electron chi connectivity index (χ4n) is 2.85. The summed E-state index contributed by atoms with van der Waals surface area (Å²) in [5.41, 5.74) is 0.698. The highest BCUT2D eigenvalue weighted by Gasteiger charge is 2.32. The standard InChI is InChI=1S/C16H23F3N2/c1-13(21-9-5-6-10-21)12-20-15(11-16(17,18)19)14-7-3-2-4-8-14/h2-4,7-8,13,15,20H,5-6,9-12H2,1H3. The number of benzene rings is 1. The lowest BCUT2D eigenvalue weighted by Crippen LogP contribution is -2.40. The number of hydrogen-bond donors (Lipinski definition) is 1. The number of nitrogens with zero attached hydrogens (tertiary/aromatic N) is 1. The van der Waals surface area contributed by atoms with E-state index in [9.17, 15) is 13.2 Å². The summed E-state index contributed by atoms with van der Waals surface area (Å²) >= 11 is 0. The maximum atomic E-state index is 12.8. The van der Waals surface area contributed by atoms with Crippen molar-refractivity contribution in [3.63, 3.8) is 0 Å². The van der Waals surface area contributed by atoms with E-state index in [1.54, 1.807) is 24.3 Å². The molecule has 0 spiro atoms. The molecule has 0 saturated carbocycles. The Hall–Kier alpha value is -1.07. The second kappa shape index (κ2) is 7.27. The van der Waals surface area contributed by atoms with E-state index in [2.05, 4.69) is 17.1 Å². The fourth-order valence-corrected chi connectivity index (χ4v) is 2.85. The van der Waals surface area contributed by atoms with Crippen molar-refractivity contribution in [2.24, 2.45) is 0 Å². The van der Waals surface area contributed by atoms with E-state index in [1.165, 1.54) is 12.8 Å². The zero-order chi connectivity index (χ0) is 15.3. The van der Waals surface area contributed by atoms with Crippen LogP contribution in [0.1, 0.15) is 37.8 Å². The minimum absolute atomic E-state index is 0.270. The van der Waals surface area contributed by atoms with Crippen molar-refractivity contribution in [2.75, 3.05) is 19.6 Å². The number of nitrogens with one attached hydrogen (secondary N) is 1. The van der Waals surface area contributed by atoms with E-state index in [0.29, 0.717) is 12.1 Å². The van der Waals surface area contributed by atoms with Gasteiger partial charge in [-0.1, -0.05) is 30.3 Å². The molecule has 1 aliphatic rings. The van der Waals surface area contributed by atoms with Crippen LogP contribution >= 0.6 is 0 Å². The Bertz CT molecular complexity index is 413. The van der Waals surface area contributed by atoms with Gasteiger partial charge in [-0.05, 0) is 38.4 Å². The second-order valence-electron chi connectivity index (χ2n) is 5.78. The SMILES string of the molecule is CC(CNC(CC(F)(F)F)c1ccccc1)N1CCCC1. The molecule has 0 aliphatic carbocycles. The molecule has 0 amide bonds. The Balaban J connectivity index is 1.95. The third-order valence-electron chi connectivity index (χ3n) is 4.06. The van der Waals surface area contributed by atoms with Crippen molar-refractivity contribution >= 4 is 0 Å². The summed E-state index contributed by atoms with van der Waals surface area (Å²) in [6.07, 6.45) is -2.61. The van der Waals surface area contributed by atoms with Gasteiger partial charge in [0.15, 0.2) is 0 Å². The number of alkyl halides is 3. The van der Waals surface area contributed by atoms with Crippen LogP contribution in [0.25, 0.3) is 0 Å². The zero-order valence-electron chi connectivity index (χ0n) is 12.4. The maximum Gasteiger partial charge on any atom is 0.390 e. The van der Waals surface area contributed by atoms with Gasteiger partial charge in [0.2, 0.25) is 0 Å². The zero-order valence-corrected chi connectivity index (χ0v) is 12.4. The van der Waals surface area contributed by atoms with Crippen molar-refractivity contribution in [3.8, 4) is 0 Å². The van der Waals surface area contributed by atoms with Gasteiger partial charge in [-0.25, -0.2) is 0 Å². The van der Waals surface area contributed by atoms with E-state index in [-0.39, 0.29) is 6.04 Å². The molecule has 1 aromatic carbocycles. The van der Waals surface area contributed by atoms with E-state index < -0.39 is 18.6 Å². The van der Waals surface area contributed by atoms with Crippen LogP contribution in [0.15, 0.2) is 30.3 Å². The Morgan fingerprint density at radius 2 is 1.76 bits per heavy atom. The maximum absolute atomic E-state index is 12.8. The number of halogens is 3. The molecule has 0 bridgehead atoms. The Labute approximate surface area is 124 Å². The van der Waals surface area contributed by atoms with Gasteiger partial charge in [0, 0.05) is 18.6 Å². The largest absolute Gasteiger partial charge is 0.390 e. The average Bonchev–Trinajstić information content (AvgIpc) is 2.97. The van der Waals surface area contributed by atoms with Gasteiger partial charge in [-0.15, -0.1) is 0 Å². The van der Waals surface area contributed by atoms with Crippen molar-refractivity contribution in [1.29, 1.82) is 0 Å². The first kappa shape index (κ1) is 16.3. The van der Waals surface area contributed by atoms with E-state index in [1.807, 2.05) is 6.07 Å². The number of rotatable bonds is 6. The summed E-state index contributed by atoms with van der Waals surface area (Å²) < 4.78 is 38.3. The smallest absolute Gasteiger partial charge is 0.308 e. The lowest BCUT2D eigenvalue weighted by Gasteiger charge is -2.27. The van der Waals surface area contributed by atoms with Crippen LogP contribution in [0.4, 0.5) is 13.2 Å². The predicted octanol–water partition coefficient (Wildman–Crippen LogP) is 3.75. The molecule has 1 fully saturated rings. The first-order chi connectivity index (χ1) is 9.96. The van der Waals surface area contributed by atoms with Gasteiger partial charge >= 0.3 is 6.18 Å². The van der Waals surface area contributed by atoms with E-state index >= 15 is 0 Å². The second-order valence-corrected chi connectivity index (χ2v) is 5.78. The van der Waals surface area contributed by atoms with Crippen molar-refractivity contribution in [2.45, 2.75) is 44.4 Å². The summed E-state index contributed by atoms with van der Waals surface area (Å²) in [7, 11) is 0. The molecule has 2 rings (SSSR count). The van der Waals surface area contributed by atoms with Gasteiger partial charge in [0.25, 0.3) is 0 Å². The summed E-state index contributed by atoms with van der Waals surface area (Å²) in [6, 6.07) is 8.49. The molecule has 1 aromatic rings. The van der Waals surface area contributed by atoms with Gasteiger partial charge in [0.05, 0.1) is 6.42 Å². The van der Waals surface area contributed by atoms with Crippen LogP contribution < -0.4 is 5.32 Å². The molecule has 1 aliphatic heterocycles. The van der Waals surface area contributed by atoms with Gasteiger partial charge in [-0.3, -0.25) is 4.90 Å². The van der Waals surface area contributed by atoms with Crippen molar-refractivity contribution < 1.29 is 13.2 Å². The quantitative estimate of drug-likeness (QED) is 0.860. The Morgan fingerprint density at radius 3 is 2.33 bits per heavy atom. The molecular weight excluding hydrogens is 277 g/mol. The van der Waals surface area contributed by atoms with Crippen LogP contribution in [0.5, 0.6) is 0 Å². The molecule has 1 saturated heterocycles. The number of likely N-dealkylation sites (tertiary alicyclic amines) is 1. The molecule has 1 N–H and O–H groups in total. The minimum atomic E-state index is -4.16. The summed E-state index contributed by atoms with van der Waals surface area (Å²) in [4.78, 5) is 2.34. The van der Waals surface area contributed by atoms with Crippen LogP contribution in [0, 0.1) is 0 Å². The number of hydrogen-bond acceptors (Lipinski definition) is 2. The average molecular weight is 300 g/mol. The monoisotopic (exact) mass is 300 g/mol. The molecule has 2 atom stereocenters. The first-order valence-corrected chi connectivity index (χ1v) is 7.55.